The van der Waals surface area contributed by atoms with Gasteiger partial charge in [0.05, 0.1) is 36.8 Å². The van der Waals surface area contributed by atoms with Gasteiger partial charge in [-0.05, 0) is 53.1 Å². The number of anilines is 1. The van der Waals surface area contributed by atoms with Crippen molar-refractivity contribution in [1.29, 1.82) is 0 Å². The summed E-state index contributed by atoms with van der Waals surface area (Å²) < 4.78 is 24.3. The Hall–Kier alpha value is -5.25. The molecule has 1 aliphatic heterocycles. The molecule has 1 N–H and O–H groups in total. The summed E-state index contributed by atoms with van der Waals surface area (Å²) in [7, 11) is 2.94. The number of ether oxygens (including phenoxy) is 2. The van der Waals surface area contributed by atoms with E-state index in [1.807, 2.05) is 0 Å². The van der Waals surface area contributed by atoms with E-state index in [1.54, 1.807) is 72.7 Å². The van der Waals surface area contributed by atoms with E-state index < -0.39 is 28.6 Å². The van der Waals surface area contributed by atoms with Gasteiger partial charge in [0.15, 0.2) is 0 Å². The molecule has 208 valence electrons. The summed E-state index contributed by atoms with van der Waals surface area (Å²) in [6, 6.07) is 22.9. The van der Waals surface area contributed by atoms with E-state index in [1.165, 1.54) is 37.4 Å². The molecule has 10 heteroatoms. The SMILES string of the molecule is COc1ccc(C2C(C(=O)Nc3cc([N+](=O)[O-])ccc3OC)c3ccccc3C(=O)N2Cc2ccc(F)cc2)cc1. The molecule has 0 spiro atoms. The van der Waals surface area contributed by atoms with E-state index in [2.05, 4.69) is 5.32 Å². The van der Waals surface area contributed by atoms with Crippen molar-refractivity contribution in [2.75, 3.05) is 19.5 Å². The molecule has 5 rings (SSSR count). The lowest BCUT2D eigenvalue weighted by Crippen LogP contribution is -2.45. The van der Waals surface area contributed by atoms with Gasteiger partial charge in [0.1, 0.15) is 17.3 Å². The van der Waals surface area contributed by atoms with Gasteiger partial charge in [-0.15, -0.1) is 0 Å². The molecule has 0 radical (unpaired) electrons. The zero-order valence-electron chi connectivity index (χ0n) is 22.2. The maximum Gasteiger partial charge on any atom is 0.271 e. The molecular weight excluding hydrogens is 529 g/mol. The summed E-state index contributed by atoms with van der Waals surface area (Å²) in [5.74, 6) is -1.26. The number of carbonyl (C=O) groups is 2. The maximum atomic E-state index is 14.2. The standard InChI is InChI=1S/C31H26FN3O6/c1-40-23-14-9-20(10-15-23)29-28(30(36)33-26-17-22(35(38)39)13-16-27(26)41-2)24-5-3-4-6-25(24)31(37)34(29)18-19-7-11-21(32)12-8-19/h3-17,28-29H,18H2,1-2H3,(H,33,36). The third-order valence-electron chi connectivity index (χ3n) is 7.10. The molecule has 4 aromatic rings. The van der Waals surface area contributed by atoms with Gasteiger partial charge in [-0.2, -0.15) is 0 Å². The highest BCUT2D eigenvalue weighted by Crippen LogP contribution is 2.45. The highest BCUT2D eigenvalue weighted by Gasteiger charge is 2.44. The lowest BCUT2D eigenvalue weighted by molar-refractivity contribution is -0.384. The molecule has 1 heterocycles. The first kappa shape index (κ1) is 27.3. The van der Waals surface area contributed by atoms with E-state index in [0.29, 0.717) is 28.0 Å². The van der Waals surface area contributed by atoms with Gasteiger partial charge in [-0.1, -0.05) is 42.5 Å². The number of hydrogen-bond donors (Lipinski definition) is 1. The van der Waals surface area contributed by atoms with E-state index in [0.717, 1.165) is 0 Å². The largest absolute Gasteiger partial charge is 0.497 e. The Labute approximate surface area is 235 Å². The van der Waals surface area contributed by atoms with Crippen LogP contribution < -0.4 is 14.8 Å². The van der Waals surface area contributed by atoms with Crippen LogP contribution in [-0.4, -0.2) is 35.9 Å². The first-order valence-electron chi connectivity index (χ1n) is 12.7. The third-order valence-corrected chi connectivity index (χ3v) is 7.10. The summed E-state index contributed by atoms with van der Waals surface area (Å²) >= 11 is 0. The van der Waals surface area contributed by atoms with Crippen molar-refractivity contribution in [3.05, 3.63) is 129 Å². The number of nitrogens with one attached hydrogen (secondary N) is 1. The predicted octanol–water partition coefficient (Wildman–Crippen LogP) is 5.87. The zero-order valence-corrected chi connectivity index (χ0v) is 22.2. The molecule has 2 atom stereocenters. The molecule has 0 bridgehead atoms. The zero-order chi connectivity index (χ0) is 29.1. The molecule has 41 heavy (non-hydrogen) atoms. The topological polar surface area (TPSA) is 111 Å². The number of fused-ring (bicyclic) bond motifs is 1. The molecule has 0 saturated heterocycles. The van der Waals surface area contributed by atoms with Crippen LogP contribution in [-0.2, 0) is 11.3 Å². The van der Waals surface area contributed by atoms with Gasteiger partial charge in [0.2, 0.25) is 5.91 Å². The average molecular weight is 556 g/mol. The minimum atomic E-state index is -0.915. The van der Waals surface area contributed by atoms with Crippen LogP contribution in [0.1, 0.15) is 39.0 Å². The van der Waals surface area contributed by atoms with Crippen molar-refractivity contribution in [1.82, 2.24) is 4.90 Å². The number of non-ortho nitro benzene ring substituents is 1. The number of nitro groups is 1. The smallest absolute Gasteiger partial charge is 0.271 e. The van der Waals surface area contributed by atoms with Crippen molar-refractivity contribution >= 4 is 23.2 Å². The monoisotopic (exact) mass is 555 g/mol. The number of nitro benzene ring substituents is 1. The quantitative estimate of drug-likeness (QED) is 0.215. The van der Waals surface area contributed by atoms with Crippen molar-refractivity contribution in [2.24, 2.45) is 0 Å². The highest BCUT2D eigenvalue weighted by atomic mass is 19.1. The molecule has 4 aromatic carbocycles. The number of amides is 2. The Balaban J connectivity index is 1.64. The fourth-order valence-electron chi connectivity index (χ4n) is 5.13. The van der Waals surface area contributed by atoms with Crippen LogP contribution in [0.5, 0.6) is 11.5 Å². The Bertz CT molecular complexity index is 1610. The van der Waals surface area contributed by atoms with Crippen LogP contribution in [0, 0.1) is 15.9 Å². The van der Waals surface area contributed by atoms with E-state index in [4.69, 9.17) is 9.47 Å². The Kier molecular flexibility index (Phi) is 7.64. The fourth-order valence-corrected chi connectivity index (χ4v) is 5.13. The number of benzene rings is 4. The van der Waals surface area contributed by atoms with E-state index in [-0.39, 0.29) is 29.6 Å². The molecule has 9 nitrogen and oxygen atoms in total. The normalized spacial score (nSPS) is 16.1. The van der Waals surface area contributed by atoms with Crippen LogP contribution in [0.25, 0.3) is 0 Å². The molecule has 0 aliphatic carbocycles. The lowest BCUT2D eigenvalue weighted by atomic mass is 9.79. The summed E-state index contributed by atoms with van der Waals surface area (Å²) in [4.78, 5) is 40.6. The molecule has 2 unspecified atom stereocenters. The van der Waals surface area contributed by atoms with Crippen LogP contribution in [0.4, 0.5) is 15.8 Å². The average Bonchev–Trinajstić information content (AvgIpc) is 2.99. The maximum absolute atomic E-state index is 14.2. The van der Waals surface area contributed by atoms with E-state index in [9.17, 15) is 24.1 Å². The number of halogens is 1. The minimum Gasteiger partial charge on any atom is -0.497 e. The van der Waals surface area contributed by atoms with Gasteiger partial charge in [-0.25, -0.2) is 4.39 Å². The van der Waals surface area contributed by atoms with Gasteiger partial charge in [-0.3, -0.25) is 19.7 Å². The molecule has 0 aromatic heterocycles. The van der Waals surface area contributed by atoms with Gasteiger partial charge < -0.3 is 19.7 Å². The molecule has 0 saturated carbocycles. The summed E-state index contributed by atoms with van der Waals surface area (Å²) in [6.45, 7) is 0.105. The summed E-state index contributed by atoms with van der Waals surface area (Å²) in [5.41, 5.74) is 2.12. The van der Waals surface area contributed by atoms with Gasteiger partial charge >= 0.3 is 0 Å². The first-order chi connectivity index (χ1) is 19.8. The van der Waals surface area contributed by atoms with Crippen molar-refractivity contribution in [3.8, 4) is 11.5 Å². The summed E-state index contributed by atoms with van der Waals surface area (Å²) in [5, 5.41) is 14.3. The second-order valence-corrected chi connectivity index (χ2v) is 9.47. The highest BCUT2D eigenvalue weighted by molar-refractivity contribution is 6.05. The fraction of sp³-hybridized carbons (Fsp3) is 0.161. The second-order valence-electron chi connectivity index (χ2n) is 9.47. The molecule has 1 aliphatic rings. The Morgan fingerprint density at radius 2 is 1.68 bits per heavy atom. The van der Waals surface area contributed by atoms with Gasteiger partial charge in [0, 0.05) is 24.2 Å². The van der Waals surface area contributed by atoms with Crippen LogP contribution in [0.3, 0.4) is 0 Å². The lowest BCUT2D eigenvalue weighted by Gasteiger charge is -2.42. The first-order valence-corrected chi connectivity index (χ1v) is 12.7. The van der Waals surface area contributed by atoms with Crippen molar-refractivity contribution in [3.63, 3.8) is 0 Å². The van der Waals surface area contributed by atoms with Crippen molar-refractivity contribution in [2.45, 2.75) is 18.5 Å². The third kappa shape index (κ3) is 5.44. The predicted molar refractivity (Wildman–Crippen MR) is 149 cm³/mol. The van der Waals surface area contributed by atoms with Crippen LogP contribution in [0.2, 0.25) is 0 Å². The van der Waals surface area contributed by atoms with Crippen molar-refractivity contribution < 1.29 is 28.4 Å². The number of carbonyl (C=O) groups excluding carboxylic acids is 2. The second kappa shape index (κ2) is 11.5. The van der Waals surface area contributed by atoms with Crippen LogP contribution >= 0.6 is 0 Å². The molecular formula is C31H26FN3O6. The Morgan fingerprint density at radius 1 is 0.976 bits per heavy atom. The number of hydrogen-bond acceptors (Lipinski definition) is 6. The van der Waals surface area contributed by atoms with Crippen LogP contribution in [0.15, 0.2) is 91.0 Å². The number of rotatable bonds is 8. The number of methoxy groups -OCH3 is 2. The number of nitrogens with zero attached hydrogens (tertiary/aromatic N) is 2. The minimum absolute atomic E-state index is 0.105. The molecule has 2 amide bonds. The summed E-state index contributed by atoms with van der Waals surface area (Å²) in [6.07, 6.45) is 0. The van der Waals surface area contributed by atoms with Gasteiger partial charge in [0.25, 0.3) is 11.6 Å². The molecule has 0 fully saturated rings. The van der Waals surface area contributed by atoms with E-state index >= 15 is 0 Å². The Morgan fingerprint density at radius 3 is 2.34 bits per heavy atom.